The van der Waals surface area contributed by atoms with Gasteiger partial charge in [-0.25, -0.2) is 0 Å². The third-order valence-corrected chi connectivity index (χ3v) is 1.92. The maximum absolute atomic E-state index is 12.0. The standard InChI is InChI=1S/C6H11F3N2/c7-6(8,9)4-1-2-5(10)11-3-4/h4-5,11H,1-3,10H2. The van der Waals surface area contributed by atoms with E-state index in [0.29, 0.717) is 6.42 Å². The van der Waals surface area contributed by atoms with Crippen LogP contribution in [0.15, 0.2) is 0 Å². The third kappa shape index (κ3) is 2.34. The van der Waals surface area contributed by atoms with Crippen LogP contribution < -0.4 is 11.1 Å². The average Bonchev–Trinajstić information content (AvgIpc) is 1.86. The van der Waals surface area contributed by atoms with Gasteiger partial charge in [-0.2, -0.15) is 13.2 Å². The highest BCUT2D eigenvalue weighted by Gasteiger charge is 2.40. The van der Waals surface area contributed by atoms with E-state index in [0.717, 1.165) is 0 Å². The molecule has 3 N–H and O–H groups in total. The molecular weight excluding hydrogens is 157 g/mol. The summed E-state index contributed by atoms with van der Waals surface area (Å²) in [6, 6.07) is 0. The van der Waals surface area contributed by atoms with Crippen LogP contribution in [-0.2, 0) is 0 Å². The van der Waals surface area contributed by atoms with Crippen LogP contribution in [0.3, 0.4) is 0 Å². The van der Waals surface area contributed by atoms with Crippen molar-refractivity contribution in [1.29, 1.82) is 0 Å². The average molecular weight is 168 g/mol. The number of piperidine rings is 1. The first-order valence-electron chi connectivity index (χ1n) is 3.56. The fraction of sp³-hybridized carbons (Fsp3) is 1.00. The minimum Gasteiger partial charge on any atom is -0.316 e. The Morgan fingerprint density at radius 1 is 1.27 bits per heavy atom. The van der Waals surface area contributed by atoms with Crippen LogP contribution in [0.25, 0.3) is 0 Å². The first-order chi connectivity index (χ1) is 5.00. The fourth-order valence-electron chi connectivity index (χ4n) is 1.16. The molecule has 0 bridgehead atoms. The molecule has 2 nitrogen and oxygen atoms in total. The SMILES string of the molecule is NC1CCC(C(F)(F)F)CN1. The lowest BCUT2D eigenvalue weighted by Crippen LogP contribution is -2.48. The van der Waals surface area contributed by atoms with Crippen LogP contribution in [0.4, 0.5) is 13.2 Å². The molecule has 66 valence electrons. The van der Waals surface area contributed by atoms with Gasteiger partial charge < -0.3 is 11.1 Å². The molecule has 1 aliphatic rings. The second-order valence-corrected chi connectivity index (χ2v) is 2.83. The number of hydrogen-bond acceptors (Lipinski definition) is 2. The van der Waals surface area contributed by atoms with Gasteiger partial charge in [0, 0.05) is 6.54 Å². The van der Waals surface area contributed by atoms with Crippen LogP contribution in [-0.4, -0.2) is 18.9 Å². The number of hydrogen-bond donors (Lipinski definition) is 2. The topological polar surface area (TPSA) is 38.0 Å². The van der Waals surface area contributed by atoms with E-state index in [1.807, 2.05) is 0 Å². The Morgan fingerprint density at radius 2 is 1.91 bits per heavy atom. The summed E-state index contributed by atoms with van der Waals surface area (Å²) in [5.41, 5.74) is 5.36. The molecule has 1 rings (SSSR count). The Kier molecular flexibility index (Phi) is 2.39. The smallest absolute Gasteiger partial charge is 0.316 e. The van der Waals surface area contributed by atoms with Crippen LogP contribution in [0.5, 0.6) is 0 Å². The van der Waals surface area contributed by atoms with Gasteiger partial charge in [-0.3, -0.25) is 0 Å². The van der Waals surface area contributed by atoms with E-state index in [1.54, 1.807) is 0 Å². The van der Waals surface area contributed by atoms with Crippen molar-refractivity contribution in [3.63, 3.8) is 0 Å². The zero-order valence-electron chi connectivity index (χ0n) is 5.99. The zero-order valence-corrected chi connectivity index (χ0v) is 5.99. The van der Waals surface area contributed by atoms with Gasteiger partial charge in [0.25, 0.3) is 0 Å². The van der Waals surface area contributed by atoms with Crippen LogP contribution in [0.2, 0.25) is 0 Å². The Balaban J connectivity index is 2.39. The molecule has 1 fully saturated rings. The van der Waals surface area contributed by atoms with E-state index in [-0.39, 0.29) is 19.1 Å². The first-order valence-corrected chi connectivity index (χ1v) is 3.56. The van der Waals surface area contributed by atoms with Gasteiger partial charge in [-0.15, -0.1) is 0 Å². The monoisotopic (exact) mass is 168 g/mol. The molecule has 1 aliphatic heterocycles. The number of alkyl halides is 3. The zero-order chi connectivity index (χ0) is 8.48. The van der Waals surface area contributed by atoms with Crippen LogP contribution >= 0.6 is 0 Å². The van der Waals surface area contributed by atoms with Gasteiger partial charge in [0.15, 0.2) is 0 Å². The number of rotatable bonds is 0. The highest BCUT2D eigenvalue weighted by Crippen LogP contribution is 2.31. The molecule has 11 heavy (non-hydrogen) atoms. The van der Waals surface area contributed by atoms with Crippen molar-refractivity contribution >= 4 is 0 Å². The Bertz CT molecular complexity index is 126. The molecule has 2 unspecified atom stereocenters. The van der Waals surface area contributed by atoms with E-state index >= 15 is 0 Å². The molecule has 0 amide bonds. The van der Waals surface area contributed by atoms with Gasteiger partial charge in [-0.1, -0.05) is 0 Å². The largest absolute Gasteiger partial charge is 0.393 e. The number of nitrogens with one attached hydrogen (secondary N) is 1. The van der Waals surface area contributed by atoms with Crippen LogP contribution in [0, 0.1) is 5.92 Å². The molecular formula is C6H11F3N2. The molecule has 0 saturated carbocycles. The van der Waals surface area contributed by atoms with Gasteiger partial charge in [0.1, 0.15) is 0 Å². The maximum atomic E-state index is 12.0. The van der Waals surface area contributed by atoms with E-state index in [4.69, 9.17) is 5.73 Å². The summed E-state index contributed by atoms with van der Waals surface area (Å²) in [6.45, 7) is -0.0370. The Hall–Kier alpha value is -0.290. The molecule has 0 aromatic heterocycles. The van der Waals surface area contributed by atoms with Gasteiger partial charge in [0.2, 0.25) is 0 Å². The van der Waals surface area contributed by atoms with Crippen molar-refractivity contribution in [2.45, 2.75) is 25.2 Å². The molecule has 0 spiro atoms. The van der Waals surface area contributed by atoms with Crippen molar-refractivity contribution in [3.05, 3.63) is 0 Å². The predicted octanol–water partition coefficient (Wildman–Crippen LogP) is 0.833. The summed E-state index contributed by atoms with van der Waals surface area (Å²) < 4.78 is 36.0. The molecule has 0 radical (unpaired) electrons. The second kappa shape index (κ2) is 2.98. The van der Waals surface area contributed by atoms with E-state index in [2.05, 4.69) is 5.32 Å². The highest BCUT2D eigenvalue weighted by atomic mass is 19.4. The molecule has 2 atom stereocenters. The van der Waals surface area contributed by atoms with Crippen molar-refractivity contribution in [1.82, 2.24) is 5.32 Å². The summed E-state index contributed by atoms with van der Waals surface area (Å²) in [5.74, 6) is -1.21. The minimum absolute atomic E-state index is 0.0370. The van der Waals surface area contributed by atoms with Gasteiger partial charge in [-0.05, 0) is 12.8 Å². The summed E-state index contributed by atoms with van der Waals surface area (Å²) in [7, 11) is 0. The molecule has 0 aromatic rings. The van der Waals surface area contributed by atoms with E-state index in [1.165, 1.54) is 0 Å². The predicted molar refractivity (Wildman–Crippen MR) is 34.8 cm³/mol. The summed E-state index contributed by atoms with van der Waals surface area (Å²) in [6.07, 6.45) is -3.76. The van der Waals surface area contributed by atoms with Crippen molar-refractivity contribution in [3.8, 4) is 0 Å². The van der Waals surface area contributed by atoms with Crippen LogP contribution in [0.1, 0.15) is 12.8 Å². The lowest BCUT2D eigenvalue weighted by molar-refractivity contribution is -0.179. The van der Waals surface area contributed by atoms with Gasteiger partial charge >= 0.3 is 6.18 Å². The summed E-state index contributed by atoms with van der Waals surface area (Å²) in [5, 5.41) is 2.60. The molecule has 1 heterocycles. The van der Waals surface area contributed by atoms with Gasteiger partial charge in [0.05, 0.1) is 12.1 Å². The Morgan fingerprint density at radius 3 is 2.27 bits per heavy atom. The Labute approximate surface area is 62.9 Å². The molecule has 0 aliphatic carbocycles. The van der Waals surface area contributed by atoms with Crippen molar-refractivity contribution in [2.24, 2.45) is 11.7 Å². The summed E-state index contributed by atoms with van der Waals surface area (Å²) >= 11 is 0. The van der Waals surface area contributed by atoms with E-state index < -0.39 is 12.1 Å². The van der Waals surface area contributed by atoms with Crippen molar-refractivity contribution in [2.75, 3.05) is 6.54 Å². The summed E-state index contributed by atoms with van der Waals surface area (Å²) in [4.78, 5) is 0. The fourth-order valence-corrected chi connectivity index (χ4v) is 1.16. The molecule has 5 heteroatoms. The highest BCUT2D eigenvalue weighted by molar-refractivity contribution is 4.78. The van der Waals surface area contributed by atoms with Crippen molar-refractivity contribution < 1.29 is 13.2 Å². The number of halogens is 3. The minimum atomic E-state index is -4.06. The lowest BCUT2D eigenvalue weighted by Gasteiger charge is -2.28. The first kappa shape index (κ1) is 8.80. The second-order valence-electron chi connectivity index (χ2n) is 2.83. The number of nitrogens with two attached hydrogens (primary N) is 1. The van der Waals surface area contributed by atoms with E-state index in [9.17, 15) is 13.2 Å². The molecule has 0 aromatic carbocycles. The quantitative estimate of drug-likeness (QED) is 0.562. The maximum Gasteiger partial charge on any atom is 0.393 e. The lowest BCUT2D eigenvalue weighted by atomic mass is 9.98. The third-order valence-electron chi connectivity index (χ3n) is 1.92. The molecule has 1 saturated heterocycles. The normalized spacial score (nSPS) is 33.8.